The largest absolute Gasteiger partial charge is 0.478 e. The Morgan fingerprint density at radius 1 is 1.24 bits per heavy atom. The van der Waals surface area contributed by atoms with Crippen molar-refractivity contribution in [2.75, 3.05) is 19.8 Å². The molecule has 1 aliphatic rings. The summed E-state index contributed by atoms with van der Waals surface area (Å²) in [6, 6.07) is 6.60. The standard InChI is InChI=1S/C16H21NO4/c18-15(17-9-10-21-11-13-1-2-13)8-5-12-3-6-14(7-4-12)16(19)20/h3-4,6-7,13H,1-2,5,8-11H2,(H,17,18)(H,19,20). The first-order valence-electron chi connectivity index (χ1n) is 7.32. The lowest BCUT2D eigenvalue weighted by Crippen LogP contribution is -2.27. The summed E-state index contributed by atoms with van der Waals surface area (Å²) in [7, 11) is 0. The van der Waals surface area contributed by atoms with Crippen LogP contribution in [0.2, 0.25) is 0 Å². The molecule has 0 aromatic heterocycles. The van der Waals surface area contributed by atoms with Gasteiger partial charge in [-0.05, 0) is 42.9 Å². The molecular formula is C16H21NO4. The van der Waals surface area contributed by atoms with Gasteiger partial charge in [0.15, 0.2) is 0 Å². The Labute approximate surface area is 124 Å². The number of carbonyl (C=O) groups is 2. The molecule has 1 aliphatic carbocycles. The van der Waals surface area contributed by atoms with Gasteiger partial charge in [0, 0.05) is 19.6 Å². The quantitative estimate of drug-likeness (QED) is 0.681. The SMILES string of the molecule is O=C(CCc1ccc(C(=O)O)cc1)NCCOCC1CC1. The Hall–Kier alpha value is -1.88. The summed E-state index contributed by atoms with van der Waals surface area (Å²) in [6.45, 7) is 1.92. The van der Waals surface area contributed by atoms with E-state index in [9.17, 15) is 9.59 Å². The highest BCUT2D eigenvalue weighted by Crippen LogP contribution is 2.28. The number of carboxylic acid groups (broad SMARTS) is 1. The van der Waals surface area contributed by atoms with Gasteiger partial charge >= 0.3 is 5.97 Å². The molecule has 0 saturated heterocycles. The molecule has 5 nitrogen and oxygen atoms in total. The van der Waals surface area contributed by atoms with E-state index in [0.29, 0.717) is 26.0 Å². The zero-order valence-corrected chi connectivity index (χ0v) is 12.0. The number of rotatable bonds is 9. The normalized spacial score (nSPS) is 13.9. The molecule has 0 heterocycles. The van der Waals surface area contributed by atoms with Gasteiger partial charge in [0.2, 0.25) is 5.91 Å². The van der Waals surface area contributed by atoms with Crippen LogP contribution in [0.1, 0.15) is 35.2 Å². The molecule has 1 amide bonds. The summed E-state index contributed by atoms with van der Waals surface area (Å²) in [5.74, 6) is -0.202. The number of amides is 1. The lowest BCUT2D eigenvalue weighted by molar-refractivity contribution is -0.121. The second-order valence-corrected chi connectivity index (χ2v) is 5.37. The van der Waals surface area contributed by atoms with Gasteiger partial charge in [-0.2, -0.15) is 0 Å². The van der Waals surface area contributed by atoms with Crippen molar-refractivity contribution in [2.24, 2.45) is 5.92 Å². The van der Waals surface area contributed by atoms with Crippen LogP contribution in [0.25, 0.3) is 0 Å². The van der Waals surface area contributed by atoms with Gasteiger partial charge in [-0.15, -0.1) is 0 Å². The molecular weight excluding hydrogens is 270 g/mol. The van der Waals surface area contributed by atoms with E-state index >= 15 is 0 Å². The number of benzene rings is 1. The minimum absolute atomic E-state index is 0.00710. The summed E-state index contributed by atoms with van der Waals surface area (Å²) < 4.78 is 5.44. The van der Waals surface area contributed by atoms with Crippen LogP contribution in [-0.4, -0.2) is 36.7 Å². The van der Waals surface area contributed by atoms with Gasteiger partial charge < -0.3 is 15.2 Å². The van der Waals surface area contributed by atoms with Crippen LogP contribution < -0.4 is 5.32 Å². The number of aryl methyl sites for hydroxylation is 1. The van der Waals surface area contributed by atoms with Crippen molar-refractivity contribution in [2.45, 2.75) is 25.7 Å². The van der Waals surface area contributed by atoms with Crippen LogP contribution in [-0.2, 0) is 16.0 Å². The minimum atomic E-state index is -0.939. The fourth-order valence-electron chi connectivity index (χ4n) is 1.96. The van der Waals surface area contributed by atoms with Crippen molar-refractivity contribution in [3.05, 3.63) is 35.4 Å². The Morgan fingerprint density at radius 3 is 2.57 bits per heavy atom. The van der Waals surface area contributed by atoms with Gasteiger partial charge in [-0.25, -0.2) is 4.79 Å². The second-order valence-electron chi connectivity index (χ2n) is 5.37. The molecule has 0 spiro atoms. The van der Waals surface area contributed by atoms with Crippen molar-refractivity contribution in [1.82, 2.24) is 5.32 Å². The molecule has 1 aromatic carbocycles. The van der Waals surface area contributed by atoms with Crippen LogP contribution in [0, 0.1) is 5.92 Å². The topological polar surface area (TPSA) is 75.6 Å². The third-order valence-electron chi connectivity index (χ3n) is 3.46. The highest BCUT2D eigenvalue weighted by Gasteiger charge is 2.20. The molecule has 0 bridgehead atoms. The third-order valence-corrected chi connectivity index (χ3v) is 3.46. The summed E-state index contributed by atoms with van der Waals surface area (Å²) >= 11 is 0. The van der Waals surface area contributed by atoms with E-state index in [-0.39, 0.29) is 11.5 Å². The smallest absolute Gasteiger partial charge is 0.335 e. The van der Waals surface area contributed by atoms with Gasteiger partial charge in [0.1, 0.15) is 0 Å². The van der Waals surface area contributed by atoms with Crippen LogP contribution in [0.3, 0.4) is 0 Å². The number of hydrogen-bond acceptors (Lipinski definition) is 3. The monoisotopic (exact) mass is 291 g/mol. The predicted octanol–water partition coefficient (Wildman–Crippen LogP) is 1.86. The maximum Gasteiger partial charge on any atom is 0.335 e. The van der Waals surface area contributed by atoms with Crippen LogP contribution in [0.5, 0.6) is 0 Å². The van der Waals surface area contributed by atoms with Crippen molar-refractivity contribution < 1.29 is 19.4 Å². The fraction of sp³-hybridized carbons (Fsp3) is 0.500. The van der Waals surface area contributed by atoms with Crippen molar-refractivity contribution in [3.8, 4) is 0 Å². The van der Waals surface area contributed by atoms with Gasteiger partial charge in [0.25, 0.3) is 0 Å². The summed E-state index contributed by atoms with van der Waals surface area (Å²) in [5.41, 5.74) is 1.22. The third kappa shape index (κ3) is 5.95. The maximum absolute atomic E-state index is 11.6. The molecule has 2 rings (SSSR count). The molecule has 1 saturated carbocycles. The lowest BCUT2D eigenvalue weighted by atomic mass is 10.1. The van der Waals surface area contributed by atoms with Crippen molar-refractivity contribution in [3.63, 3.8) is 0 Å². The highest BCUT2D eigenvalue weighted by molar-refractivity contribution is 5.87. The molecule has 5 heteroatoms. The number of hydrogen-bond donors (Lipinski definition) is 2. The van der Waals surface area contributed by atoms with Crippen molar-refractivity contribution in [1.29, 1.82) is 0 Å². The average molecular weight is 291 g/mol. The van der Waals surface area contributed by atoms with E-state index in [1.807, 2.05) is 0 Å². The van der Waals surface area contributed by atoms with E-state index in [1.54, 1.807) is 24.3 Å². The fourth-order valence-corrected chi connectivity index (χ4v) is 1.96. The van der Waals surface area contributed by atoms with Crippen molar-refractivity contribution >= 4 is 11.9 Å². The molecule has 1 aromatic rings. The number of carbonyl (C=O) groups excluding carboxylic acids is 1. The average Bonchev–Trinajstić information content (AvgIpc) is 3.29. The summed E-state index contributed by atoms with van der Waals surface area (Å²) in [4.78, 5) is 22.4. The van der Waals surface area contributed by atoms with Crippen LogP contribution in [0.4, 0.5) is 0 Å². The molecule has 0 atom stereocenters. The van der Waals surface area contributed by atoms with Gasteiger partial charge in [-0.1, -0.05) is 12.1 Å². The molecule has 0 unspecified atom stereocenters. The first-order chi connectivity index (χ1) is 10.1. The zero-order valence-electron chi connectivity index (χ0n) is 12.0. The van der Waals surface area contributed by atoms with Crippen LogP contribution >= 0.6 is 0 Å². The van der Waals surface area contributed by atoms with E-state index in [0.717, 1.165) is 18.1 Å². The van der Waals surface area contributed by atoms with E-state index in [4.69, 9.17) is 9.84 Å². The Bertz CT molecular complexity index is 480. The maximum atomic E-state index is 11.6. The van der Waals surface area contributed by atoms with E-state index < -0.39 is 5.97 Å². The molecule has 21 heavy (non-hydrogen) atoms. The zero-order chi connectivity index (χ0) is 15.1. The molecule has 0 radical (unpaired) electrons. The number of nitrogens with one attached hydrogen (secondary N) is 1. The summed E-state index contributed by atoms with van der Waals surface area (Å²) in [5, 5.41) is 11.6. The first-order valence-corrected chi connectivity index (χ1v) is 7.32. The molecule has 0 aliphatic heterocycles. The van der Waals surface area contributed by atoms with Gasteiger partial charge in [-0.3, -0.25) is 4.79 Å². The Morgan fingerprint density at radius 2 is 1.95 bits per heavy atom. The predicted molar refractivity (Wildman–Crippen MR) is 78.3 cm³/mol. The highest BCUT2D eigenvalue weighted by atomic mass is 16.5. The Balaban J connectivity index is 1.57. The first kappa shape index (κ1) is 15.5. The van der Waals surface area contributed by atoms with E-state index in [2.05, 4.69) is 5.32 Å². The Kier molecular flexibility index (Phi) is 5.75. The van der Waals surface area contributed by atoms with Gasteiger partial charge in [0.05, 0.1) is 12.2 Å². The second kappa shape index (κ2) is 7.78. The van der Waals surface area contributed by atoms with E-state index in [1.165, 1.54) is 12.8 Å². The number of ether oxygens (including phenoxy) is 1. The number of carboxylic acids is 1. The molecule has 114 valence electrons. The minimum Gasteiger partial charge on any atom is -0.478 e. The summed E-state index contributed by atoms with van der Waals surface area (Å²) in [6.07, 6.45) is 3.55. The molecule has 1 fully saturated rings. The lowest BCUT2D eigenvalue weighted by Gasteiger charge is -2.06. The van der Waals surface area contributed by atoms with Crippen LogP contribution in [0.15, 0.2) is 24.3 Å². The number of aromatic carboxylic acids is 1. The molecule has 2 N–H and O–H groups in total.